The minimum atomic E-state index is 0.00526. The van der Waals surface area contributed by atoms with Crippen LogP contribution in [-0.4, -0.2) is 9.78 Å². The lowest BCUT2D eigenvalue weighted by Gasteiger charge is -2.13. The number of rotatable bonds is 4. The molecule has 0 aliphatic rings. The summed E-state index contributed by atoms with van der Waals surface area (Å²) in [7, 11) is 0. The molecule has 1 aromatic heterocycles. The average molecular weight is 306 g/mol. The molecule has 0 amide bonds. The molecule has 0 unspecified atom stereocenters. The maximum absolute atomic E-state index is 12.5. The van der Waals surface area contributed by atoms with Gasteiger partial charge in [-0.1, -0.05) is 55.3 Å². The molecule has 0 bridgehead atoms. The summed E-state index contributed by atoms with van der Waals surface area (Å²) in [6.07, 6.45) is 1.72. The molecule has 0 radical (unpaired) electrons. The Hall–Kier alpha value is -2.55. The van der Waals surface area contributed by atoms with E-state index in [-0.39, 0.29) is 5.56 Å². The Balaban J connectivity index is 2.29. The summed E-state index contributed by atoms with van der Waals surface area (Å²) in [5, 5.41) is 3.02. The van der Waals surface area contributed by atoms with Gasteiger partial charge >= 0.3 is 0 Å². The fourth-order valence-electron chi connectivity index (χ4n) is 2.96. The summed E-state index contributed by atoms with van der Waals surface area (Å²) in [6.45, 7) is 6.25. The molecule has 0 saturated heterocycles. The third-order valence-corrected chi connectivity index (χ3v) is 4.19. The number of hydrogen-bond donors (Lipinski definition) is 1. The van der Waals surface area contributed by atoms with Crippen LogP contribution in [0.1, 0.15) is 30.0 Å². The van der Waals surface area contributed by atoms with Crippen molar-refractivity contribution >= 4 is 0 Å². The Kier molecular flexibility index (Phi) is 4.20. The fourth-order valence-corrected chi connectivity index (χ4v) is 2.96. The zero-order chi connectivity index (χ0) is 16.4. The Bertz CT molecular complexity index is 869. The van der Waals surface area contributed by atoms with Crippen molar-refractivity contribution in [3.63, 3.8) is 0 Å². The highest BCUT2D eigenvalue weighted by molar-refractivity contribution is 5.69. The zero-order valence-electron chi connectivity index (χ0n) is 13.9. The van der Waals surface area contributed by atoms with E-state index in [1.165, 1.54) is 11.1 Å². The van der Waals surface area contributed by atoms with E-state index < -0.39 is 0 Å². The number of aromatic nitrogens is 2. The summed E-state index contributed by atoms with van der Waals surface area (Å²) >= 11 is 0. The van der Waals surface area contributed by atoms with Gasteiger partial charge < -0.3 is 0 Å². The number of H-pyrrole nitrogens is 1. The van der Waals surface area contributed by atoms with Crippen LogP contribution in [0.2, 0.25) is 0 Å². The van der Waals surface area contributed by atoms with Crippen molar-refractivity contribution in [2.24, 2.45) is 0 Å². The number of hydrogen-bond acceptors (Lipinski definition) is 1. The highest BCUT2D eigenvalue weighted by Gasteiger charge is 2.18. The molecule has 1 N–H and O–H groups in total. The molecule has 0 spiro atoms. The van der Waals surface area contributed by atoms with E-state index >= 15 is 0 Å². The monoisotopic (exact) mass is 306 g/mol. The average Bonchev–Trinajstić information content (AvgIpc) is 2.86. The van der Waals surface area contributed by atoms with Gasteiger partial charge in [0.2, 0.25) is 0 Å². The molecule has 0 aliphatic heterocycles. The van der Waals surface area contributed by atoms with Crippen molar-refractivity contribution in [3.05, 3.63) is 75.6 Å². The number of aryl methyl sites for hydroxylation is 2. The molecule has 3 rings (SSSR count). The second-order valence-electron chi connectivity index (χ2n) is 6.00. The normalized spacial score (nSPS) is 10.9. The van der Waals surface area contributed by atoms with Crippen LogP contribution in [-0.2, 0) is 6.42 Å². The summed E-state index contributed by atoms with van der Waals surface area (Å²) < 4.78 is 1.93. The molecule has 23 heavy (non-hydrogen) atoms. The minimum Gasteiger partial charge on any atom is -0.268 e. The first-order chi connectivity index (χ1) is 11.1. The van der Waals surface area contributed by atoms with Gasteiger partial charge in [-0.2, -0.15) is 0 Å². The molecular weight excluding hydrogens is 284 g/mol. The standard InChI is InChI=1S/C20H22N2O/c1-4-7-18-19(17-9-6-5-8-15(17)3)22(21-20(18)23)16-12-10-14(2)11-13-16/h5-6,8-13H,4,7H2,1-3H3,(H,21,23). The number of nitrogens with zero attached hydrogens (tertiary/aromatic N) is 1. The van der Waals surface area contributed by atoms with Crippen molar-refractivity contribution < 1.29 is 0 Å². The van der Waals surface area contributed by atoms with Gasteiger partial charge in [-0.25, -0.2) is 0 Å². The van der Waals surface area contributed by atoms with E-state index in [0.29, 0.717) is 0 Å². The summed E-state index contributed by atoms with van der Waals surface area (Å²) in [5.41, 5.74) is 6.31. The van der Waals surface area contributed by atoms with Crippen LogP contribution in [0.5, 0.6) is 0 Å². The smallest absolute Gasteiger partial charge is 0.268 e. The van der Waals surface area contributed by atoms with Gasteiger partial charge in [0.05, 0.1) is 11.4 Å². The first kappa shape index (κ1) is 15.3. The van der Waals surface area contributed by atoms with Gasteiger partial charge in [-0.05, 0) is 38.0 Å². The van der Waals surface area contributed by atoms with Crippen LogP contribution in [0.25, 0.3) is 16.9 Å². The van der Waals surface area contributed by atoms with Crippen molar-refractivity contribution in [2.75, 3.05) is 0 Å². The van der Waals surface area contributed by atoms with Crippen LogP contribution < -0.4 is 5.56 Å². The maximum atomic E-state index is 12.5. The molecule has 1 heterocycles. The Morgan fingerprint density at radius 2 is 1.70 bits per heavy atom. The molecule has 0 atom stereocenters. The van der Waals surface area contributed by atoms with E-state index in [9.17, 15) is 4.79 Å². The minimum absolute atomic E-state index is 0.00526. The van der Waals surface area contributed by atoms with E-state index in [0.717, 1.165) is 35.3 Å². The summed E-state index contributed by atoms with van der Waals surface area (Å²) in [6, 6.07) is 16.4. The molecule has 3 nitrogen and oxygen atoms in total. The third kappa shape index (κ3) is 2.87. The van der Waals surface area contributed by atoms with Crippen molar-refractivity contribution in [2.45, 2.75) is 33.6 Å². The lowest BCUT2D eigenvalue weighted by atomic mass is 10.00. The maximum Gasteiger partial charge on any atom is 0.268 e. The highest BCUT2D eigenvalue weighted by Crippen LogP contribution is 2.28. The molecule has 0 aliphatic carbocycles. The predicted octanol–water partition coefficient (Wildman–Crippen LogP) is 4.40. The lowest BCUT2D eigenvalue weighted by Crippen LogP contribution is -2.07. The number of benzene rings is 2. The first-order valence-corrected chi connectivity index (χ1v) is 8.08. The molecular formula is C20H22N2O. The second kappa shape index (κ2) is 6.29. The molecule has 0 saturated carbocycles. The number of aromatic amines is 1. The zero-order valence-corrected chi connectivity index (χ0v) is 13.9. The third-order valence-electron chi connectivity index (χ3n) is 4.19. The van der Waals surface area contributed by atoms with Crippen molar-refractivity contribution in [1.29, 1.82) is 0 Å². The Morgan fingerprint density at radius 1 is 1.00 bits per heavy atom. The summed E-state index contributed by atoms with van der Waals surface area (Å²) in [4.78, 5) is 12.5. The van der Waals surface area contributed by atoms with Crippen LogP contribution >= 0.6 is 0 Å². The van der Waals surface area contributed by atoms with E-state index in [2.05, 4.69) is 50.1 Å². The van der Waals surface area contributed by atoms with Gasteiger partial charge in [0, 0.05) is 11.1 Å². The molecule has 3 heteroatoms. The van der Waals surface area contributed by atoms with Gasteiger partial charge in [0.1, 0.15) is 0 Å². The van der Waals surface area contributed by atoms with E-state index in [1.54, 1.807) is 0 Å². The molecule has 0 fully saturated rings. The largest absolute Gasteiger partial charge is 0.268 e. The van der Waals surface area contributed by atoms with Crippen LogP contribution in [0.3, 0.4) is 0 Å². The fraction of sp³-hybridized carbons (Fsp3) is 0.250. The van der Waals surface area contributed by atoms with Crippen LogP contribution in [0.4, 0.5) is 0 Å². The van der Waals surface area contributed by atoms with Gasteiger partial charge in [-0.3, -0.25) is 14.6 Å². The predicted molar refractivity (Wildman–Crippen MR) is 95.3 cm³/mol. The Morgan fingerprint density at radius 3 is 2.35 bits per heavy atom. The topological polar surface area (TPSA) is 37.8 Å². The van der Waals surface area contributed by atoms with Gasteiger partial charge in [0.25, 0.3) is 5.56 Å². The van der Waals surface area contributed by atoms with Gasteiger partial charge in [-0.15, -0.1) is 0 Å². The summed E-state index contributed by atoms with van der Waals surface area (Å²) in [5.74, 6) is 0. The molecule has 118 valence electrons. The van der Waals surface area contributed by atoms with E-state index in [1.807, 2.05) is 28.9 Å². The molecule has 3 aromatic rings. The van der Waals surface area contributed by atoms with Gasteiger partial charge in [0.15, 0.2) is 0 Å². The number of nitrogens with one attached hydrogen (secondary N) is 1. The Labute approximate surface area is 136 Å². The van der Waals surface area contributed by atoms with Crippen molar-refractivity contribution in [3.8, 4) is 16.9 Å². The quantitative estimate of drug-likeness (QED) is 0.762. The van der Waals surface area contributed by atoms with Crippen LogP contribution in [0, 0.1) is 13.8 Å². The van der Waals surface area contributed by atoms with Crippen LogP contribution in [0.15, 0.2) is 53.3 Å². The molecule has 2 aromatic carbocycles. The van der Waals surface area contributed by atoms with E-state index in [4.69, 9.17) is 0 Å². The second-order valence-corrected chi connectivity index (χ2v) is 6.00. The lowest BCUT2D eigenvalue weighted by molar-refractivity contribution is 0.869. The first-order valence-electron chi connectivity index (χ1n) is 8.08. The van der Waals surface area contributed by atoms with Crippen molar-refractivity contribution in [1.82, 2.24) is 9.78 Å². The highest BCUT2D eigenvalue weighted by atomic mass is 16.1. The SMILES string of the molecule is CCCc1c(-c2ccccc2C)n(-c2ccc(C)cc2)[nH]c1=O.